The van der Waals surface area contributed by atoms with E-state index in [2.05, 4.69) is 0 Å². The summed E-state index contributed by atoms with van der Waals surface area (Å²) in [5, 5.41) is 10.3. The van der Waals surface area contributed by atoms with Crippen LogP contribution in [0.3, 0.4) is 0 Å². The van der Waals surface area contributed by atoms with Gasteiger partial charge in [0.05, 0.1) is 0 Å². The molecule has 88 valence electrons. The fraction of sp³-hybridized carbons (Fsp3) is 0. The molecule has 0 saturated carbocycles. The molecular formula is C15H10O3. The van der Waals surface area contributed by atoms with Crippen LogP contribution in [0.2, 0.25) is 0 Å². The summed E-state index contributed by atoms with van der Waals surface area (Å²) >= 11 is 0. The highest BCUT2D eigenvalue weighted by Crippen LogP contribution is 2.28. The zero-order valence-electron chi connectivity index (χ0n) is 9.46. The smallest absolute Gasteiger partial charge is 0.228 e. The average Bonchev–Trinajstić information content (AvgIpc) is 2.84. The van der Waals surface area contributed by atoms with Crippen molar-refractivity contribution in [1.82, 2.24) is 0 Å². The number of benzene rings is 2. The molecule has 0 aliphatic rings. The van der Waals surface area contributed by atoms with E-state index in [-0.39, 0.29) is 17.3 Å². The number of ketones is 1. The Morgan fingerprint density at radius 3 is 2.50 bits per heavy atom. The Labute approximate surface area is 103 Å². The highest BCUT2D eigenvalue weighted by atomic mass is 16.4. The third-order valence-electron chi connectivity index (χ3n) is 2.78. The van der Waals surface area contributed by atoms with E-state index in [9.17, 15) is 9.90 Å². The number of hydrogen-bond acceptors (Lipinski definition) is 3. The van der Waals surface area contributed by atoms with E-state index < -0.39 is 0 Å². The quantitative estimate of drug-likeness (QED) is 0.696. The van der Waals surface area contributed by atoms with Gasteiger partial charge in [0.25, 0.3) is 0 Å². The fourth-order valence-corrected chi connectivity index (χ4v) is 1.89. The lowest BCUT2D eigenvalue weighted by Crippen LogP contribution is -1.98. The summed E-state index contributed by atoms with van der Waals surface area (Å²) in [6.45, 7) is 0. The summed E-state index contributed by atoms with van der Waals surface area (Å²) in [4.78, 5) is 12.2. The topological polar surface area (TPSA) is 50.4 Å². The molecule has 0 amide bonds. The van der Waals surface area contributed by atoms with Gasteiger partial charge >= 0.3 is 0 Å². The van der Waals surface area contributed by atoms with Crippen LogP contribution in [0, 0.1) is 0 Å². The number of fused-ring (bicyclic) bond motifs is 1. The van der Waals surface area contributed by atoms with Crippen molar-refractivity contribution < 1.29 is 14.3 Å². The minimum Gasteiger partial charge on any atom is -0.504 e. The third kappa shape index (κ3) is 1.66. The van der Waals surface area contributed by atoms with Gasteiger partial charge in [0.15, 0.2) is 17.1 Å². The molecule has 1 heterocycles. The zero-order chi connectivity index (χ0) is 12.5. The molecule has 0 aliphatic carbocycles. The number of furan rings is 1. The van der Waals surface area contributed by atoms with Crippen molar-refractivity contribution in [3.8, 4) is 5.75 Å². The monoisotopic (exact) mass is 238 g/mol. The van der Waals surface area contributed by atoms with Gasteiger partial charge in [-0.25, -0.2) is 0 Å². The van der Waals surface area contributed by atoms with E-state index in [0.717, 1.165) is 0 Å². The van der Waals surface area contributed by atoms with E-state index in [1.807, 2.05) is 6.07 Å². The van der Waals surface area contributed by atoms with Crippen molar-refractivity contribution in [1.29, 1.82) is 0 Å². The molecule has 3 rings (SSSR count). The standard InChI is InChI=1S/C15H10O3/c16-12-8-4-7-11-9-13(18-15(11)12)14(17)10-5-2-1-3-6-10/h1-9,16H. The van der Waals surface area contributed by atoms with E-state index in [4.69, 9.17) is 4.42 Å². The lowest BCUT2D eigenvalue weighted by molar-refractivity contribution is 0.101. The normalized spacial score (nSPS) is 10.7. The first-order valence-electron chi connectivity index (χ1n) is 5.57. The number of carbonyl (C=O) groups is 1. The molecule has 3 aromatic rings. The Balaban J connectivity index is 2.10. The van der Waals surface area contributed by atoms with Gasteiger partial charge in [-0.05, 0) is 12.1 Å². The van der Waals surface area contributed by atoms with Gasteiger partial charge in [-0.3, -0.25) is 4.79 Å². The SMILES string of the molecule is O=C(c1ccccc1)c1cc2cccc(O)c2o1. The van der Waals surface area contributed by atoms with Crippen LogP contribution in [0.4, 0.5) is 0 Å². The molecule has 1 aromatic heterocycles. The first-order chi connectivity index (χ1) is 8.75. The Hall–Kier alpha value is -2.55. The predicted octanol–water partition coefficient (Wildman–Crippen LogP) is 3.37. The molecule has 18 heavy (non-hydrogen) atoms. The van der Waals surface area contributed by atoms with Crippen molar-refractivity contribution in [2.75, 3.05) is 0 Å². The second-order valence-electron chi connectivity index (χ2n) is 4.00. The van der Waals surface area contributed by atoms with Gasteiger partial charge in [0.1, 0.15) is 0 Å². The van der Waals surface area contributed by atoms with Crippen LogP contribution >= 0.6 is 0 Å². The van der Waals surface area contributed by atoms with E-state index in [0.29, 0.717) is 16.5 Å². The Morgan fingerprint density at radius 2 is 1.78 bits per heavy atom. The number of carbonyl (C=O) groups excluding carboxylic acids is 1. The summed E-state index contributed by atoms with van der Waals surface area (Å²) in [6.07, 6.45) is 0. The van der Waals surface area contributed by atoms with Crippen LogP contribution < -0.4 is 0 Å². The van der Waals surface area contributed by atoms with Gasteiger partial charge in [-0.15, -0.1) is 0 Å². The molecule has 0 unspecified atom stereocenters. The van der Waals surface area contributed by atoms with E-state index >= 15 is 0 Å². The first-order valence-corrected chi connectivity index (χ1v) is 5.57. The summed E-state index contributed by atoms with van der Waals surface area (Å²) < 4.78 is 5.42. The third-order valence-corrected chi connectivity index (χ3v) is 2.78. The number of aromatic hydroxyl groups is 1. The van der Waals surface area contributed by atoms with Crippen LogP contribution in [0.25, 0.3) is 11.0 Å². The summed E-state index contributed by atoms with van der Waals surface area (Å²) in [5.74, 6) is 0.0866. The van der Waals surface area contributed by atoms with Gasteiger partial charge in [0, 0.05) is 10.9 Å². The van der Waals surface area contributed by atoms with Crippen molar-refractivity contribution >= 4 is 16.8 Å². The van der Waals surface area contributed by atoms with Gasteiger partial charge in [-0.2, -0.15) is 0 Å². The van der Waals surface area contributed by atoms with Crippen LogP contribution in [-0.2, 0) is 0 Å². The van der Waals surface area contributed by atoms with Crippen LogP contribution in [0.5, 0.6) is 5.75 Å². The van der Waals surface area contributed by atoms with Crippen LogP contribution in [-0.4, -0.2) is 10.9 Å². The molecule has 3 nitrogen and oxygen atoms in total. The van der Waals surface area contributed by atoms with E-state index in [1.165, 1.54) is 6.07 Å². The van der Waals surface area contributed by atoms with Gasteiger partial charge in [0.2, 0.25) is 5.78 Å². The zero-order valence-corrected chi connectivity index (χ0v) is 9.46. The molecule has 2 aromatic carbocycles. The molecule has 0 saturated heterocycles. The second kappa shape index (κ2) is 4.04. The van der Waals surface area contributed by atoms with Gasteiger partial charge in [-0.1, -0.05) is 42.5 Å². The average molecular weight is 238 g/mol. The van der Waals surface area contributed by atoms with Gasteiger partial charge < -0.3 is 9.52 Å². The highest BCUT2D eigenvalue weighted by Gasteiger charge is 2.15. The molecule has 1 N–H and O–H groups in total. The largest absolute Gasteiger partial charge is 0.504 e. The molecule has 3 heteroatoms. The predicted molar refractivity (Wildman–Crippen MR) is 67.8 cm³/mol. The minimum atomic E-state index is -0.189. The molecule has 0 aliphatic heterocycles. The summed E-state index contributed by atoms with van der Waals surface area (Å²) in [6, 6.07) is 15.6. The van der Waals surface area contributed by atoms with E-state index in [1.54, 1.807) is 42.5 Å². The highest BCUT2D eigenvalue weighted by molar-refractivity contribution is 6.09. The molecule has 0 atom stereocenters. The fourth-order valence-electron chi connectivity index (χ4n) is 1.89. The first kappa shape index (κ1) is 10.6. The van der Waals surface area contributed by atoms with Crippen molar-refractivity contribution in [2.45, 2.75) is 0 Å². The van der Waals surface area contributed by atoms with Crippen LogP contribution in [0.1, 0.15) is 16.1 Å². The lowest BCUT2D eigenvalue weighted by atomic mass is 10.1. The molecule has 0 bridgehead atoms. The molecular weight excluding hydrogens is 228 g/mol. The number of rotatable bonds is 2. The molecule has 0 radical (unpaired) electrons. The number of hydrogen-bond donors (Lipinski definition) is 1. The number of phenolic OH excluding ortho intramolecular Hbond substituents is 1. The Bertz CT molecular complexity index is 711. The Morgan fingerprint density at radius 1 is 1.00 bits per heavy atom. The molecule has 0 fully saturated rings. The maximum Gasteiger partial charge on any atom is 0.228 e. The van der Waals surface area contributed by atoms with Crippen molar-refractivity contribution in [2.24, 2.45) is 0 Å². The summed E-state index contributed by atoms with van der Waals surface area (Å²) in [5.41, 5.74) is 0.910. The summed E-state index contributed by atoms with van der Waals surface area (Å²) in [7, 11) is 0. The maximum atomic E-state index is 12.2. The second-order valence-corrected chi connectivity index (χ2v) is 4.00. The number of para-hydroxylation sites is 1. The lowest BCUT2D eigenvalue weighted by Gasteiger charge is -1.95. The molecule has 0 spiro atoms. The van der Waals surface area contributed by atoms with Crippen LogP contribution in [0.15, 0.2) is 59.0 Å². The van der Waals surface area contributed by atoms with Crippen molar-refractivity contribution in [3.05, 3.63) is 65.9 Å². The minimum absolute atomic E-state index is 0.0413. The van der Waals surface area contributed by atoms with Crippen molar-refractivity contribution in [3.63, 3.8) is 0 Å². The number of phenols is 1. The Kier molecular flexibility index (Phi) is 2.38. The maximum absolute atomic E-state index is 12.2.